The molecule has 18 heavy (non-hydrogen) atoms. The molecule has 0 radical (unpaired) electrons. The first-order valence-electron chi connectivity index (χ1n) is 6.29. The van der Waals surface area contributed by atoms with Crippen molar-refractivity contribution in [2.45, 2.75) is 6.42 Å². The van der Waals surface area contributed by atoms with Crippen LogP contribution in [0.3, 0.4) is 0 Å². The maximum absolute atomic E-state index is 12.0. The van der Waals surface area contributed by atoms with Gasteiger partial charge in [0.15, 0.2) is 0 Å². The summed E-state index contributed by atoms with van der Waals surface area (Å²) >= 11 is 0. The van der Waals surface area contributed by atoms with E-state index < -0.39 is 0 Å². The Balaban J connectivity index is 1.97. The molecule has 1 aliphatic rings. The lowest BCUT2D eigenvalue weighted by atomic mass is 10.2. The van der Waals surface area contributed by atoms with Gasteiger partial charge in [-0.05, 0) is 36.7 Å². The van der Waals surface area contributed by atoms with E-state index in [4.69, 9.17) is 5.73 Å². The molecule has 96 valence electrons. The van der Waals surface area contributed by atoms with Gasteiger partial charge in [-0.25, -0.2) is 0 Å². The highest BCUT2D eigenvalue weighted by molar-refractivity contribution is 5.91. The fourth-order valence-electron chi connectivity index (χ4n) is 2.00. The molecule has 0 unspecified atom stereocenters. The van der Waals surface area contributed by atoms with Gasteiger partial charge < -0.3 is 16.0 Å². The van der Waals surface area contributed by atoms with Gasteiger partial charge in [0.25, 0.3) is 0 Å². The fraction of sp³-hybridized carbons (Fsp3) is 0.357. The Hall–Kier alpha value is -1.81. The zero-order valence-electron chi connectivity index (χ0n) is 10.4. The van der Waals surface area contributed by atoms with E-state index in [1.54, 1.807) is 6.08 Å². The van der Waals surface area contributed by atoms with Gasteiger partial charge in [-0.15, -0.1) is 0 Å². The van der Waals surface area contributed by atoms with Crippen molar-refractivity contribution in [2.75, 3.05) is 31.9 Å². The van der Waals surface area contributed by atoms with E-state index in [1.165, 1.54) is 0 Å². The van der Waals surface area contributed by atoms with Crippen molar-refractivity contribution >= 4 is 17.7 Å². The quantitative estimate of drug-likeness (QED) is 0.606. The molecule has 0 aromatic heterocycles. The van der Waals surface area contributed by atoms with Crippen LogP contribution in [-0.4, -0.2) is 37.0 Å². The molecule has 0 aliphatic carbocycles. The molecule has 2 rings (SSSR count). The molecular weight excluding hydrogens is 226 g/mol. The number of carbonyl (C=O) groups excluding carboxylic acids is 1. The molecule has 0 atom stereocenters. The van der Waals surface area contributed by atoms with Gasteiger partial charge in [0, 0.05) is 31.4 Å². The predicted octanol–water partition coefficient (Wildman–Crippen LogP) is 1.10. The number of benzene rings is 1. The number of hydrogen-bond donors (Lipinski definition) is 2. The van der Waals surface area contributed by atoms with Gasteiger partial charge in [0.05, 0.1) is 0 Å². The monoisotopic (exact) mass is 245 g/mol. The average molecular weight is 245 g/mol. The van der Waals surface area contributed by atoms with Crippen LogP contribution in [-0.2, 0) is 4.79 Å². The zero-order valence-corrected chi connectivity index (χ0v) is 10.4. The van der Waals surface area contributed by atoms with E-state index in [2.05, 4.69) is 5.32 Å². The van der Waals surface area contributed by atoms with E-state index in [-0.39, 0.29) is 5.91 Å². The highest BCUT2D eigenvalue weighted by Gasteiger charge is 2.12. The molecule has 1 heterocycles. The van der Waals surface area contributed by atoms with Crippen LogP contribution in [0.5, 0.6) is 0 Å². The number of nitrogens with zero attached hydrogens (tertiary/aromatic N) is 1. The fourth-order valence-corrected chi connectivity index (χ4v) is 2.00. The Morgan fingerprint density at radius 3 is 3.06 bits per heavy atom. The molecule has 4 nitrogen and oxygen atoms in total. The second kappa shape index (κ2) is 6.21. The molecule has 1 aromatic carbocycles. The first kappa shape index (κ1) is 12.6. The standard InChI is InChI=1S/C14H19N3O/c15-13-4-1-3-12(11-13)5-6-14(18)17-9-2-7-16-8-10-17/h1,3-6,11,16H,2,7-10,15H2/b6-5+. The largest absolute Gasteiger partial charge is 0.399 e. The summed E-state index contributed by atoms with van der Waals surface area (Å²) in [5.41, 5.74) is 7.36. The molecule has 3 N–H and O–H groups in total. The third kappa shape index (κ3) is 3.60. The van der Waals surface area contributed by atoms with Crippen molar-refractivity contribution in [2.24, 2.45) is 0 Å². The lowest BCUT2D eigenvalue weighted by Crippen LogP contribution is -2.32. The van der Waals surface area contributed by atoms with E-state index in [0.29, 0.717) is 5.69 Å². The van der Waals surface area contributed by atoms with Crippen molar-refractivity contribution in [3.05, 3.63) is 35.9 Å². The minimum absolute atomic E-state index is 0.0705. The number of nitrogen functional groups attached to an aromatic ring is 1. The number of rotatable bonds is 2. The van der Waals surface area contributed by atoms with Crippen LogP contribution in [0.25, 0.3) is 6.08 Å². The second-order valence-corrected chi connectivity index (χ2v) is 4.43. The SMILES string of the molecule is Nc1cccc(/C=C/C(=O)N2CCCNCC2)c1. The van der Waals surface area contributed by atoms with Gasteiger partial charge in [-0.2, -0.15) is 0 Å². The Bertz CT molecular complexity index is 434. The molecule has 1 aliphatic heterocycles. The summed E-state index contributed by atoms with van der Waals surface area (Å²) in [6.45, 7) is 3.47. The van der Waals surface area contributed by atoms with Crippen molar-refractivity contribution in [3.63, 3.8) is 0 Å². The molecule has 4 heteroatoms. The minimum atomic E-state index is 0.0705. The first-order chi connectivity index (χ1) is 8.75. The maximum atomic E-state index is 12.0. The molecule has 1 amide bonds. The van der Waals surface area contributed by atoms with Crippen LogP contribution in [0.1, 0.15) is 12.0 Å². The molecule has 0 saturated carbocycles. The van der Waals surface area contributed by atoms with E-state index in [0.717, 1.165) is 38.2 Å². The van der Waals surface area contributed by atoms with E-state index in [1.807, 2.05) is 35.2 Å². The van der Waals surface area contributed by atoms with Crippen molar-refractivity contribution in [1.29, 1.82) is 0 Å². The molecule has 1 saturated heterocycles. The normalized spacial score (nSPS) is 16.8. The van der Waals surface area contributed by atoms with Gasteiger partial charge in [-0.3, -0.25) is 4.79 Å². The summed E-state index contributed by atoms with van der Waals surface area (Å²) in [7, 11) is 0. The average Bonchev–Trinajstić information content (AvgIpc) is 2.65. The summed E-state index contributed by atoms with van der Waals surface area (Å²) in [5.74, 6) is 0.0705. The summed E-state index contributed by atoms with van der Waals surface area (Å²) in [6.07, 6.45) is 4.45. The van der Waals surface area contributed by atoms with Gasteiger partial charge in [0.2, 0.25) is 5.91 Å². The van der Waals surface area contributed by atoms with Gasteiger partial charge in [-0.1, -0.05) is 12.1 Å². The Morgan fingerprint density at radius 1 is 1.33 bits per heavy atom. The van der Waals surface area contributed by atoms with Crippen LogP contribution < -0.4 is 11.1 Å². The number of hydrogen-bond acceptors (Lipinski definition) is 3. The van der Waals surface area contributed by atoms with Crippen LogP contribution in [0.4, 0.5) is 5.69 Å². The summed E-state index contributed by atoms with van der Waals surface area (Å²) in [6, 6.07) is 7.51. The number of carbonyl (C=O) groups is 1. The predicted molar refractivity (Wildman–Crippen MR) is 74.0 cm³/mol. The number of amides is 1. The van der Waals surface area contributed by atoms with Gasteiger partial charge in [0.1, 0.15) is 0 Å². The van der Waals surface area contributed by atoms with Gasteiger partial charge >= 0.3 is 0 Å². The second-order valence-electron chi connectivity index (χ2n) is 4.43. The lowest BCUT2D eigenvalue weighted by Gasteiger charge is -2.17. The first-order valence-corrected chi connectivity index (χ1v) is 6.29. The Labute approximate surface area is 107 Å². The van der Waals surface area contributed by atoms with E-state index >= 15 is 0 Å². The number of nitrogens with two attached hydrogens (primary N) is 1. The summed E-state index contributed by atoms with van der Waals surface area (Å²) in [5, 5.41) is 3.28. The summed E-state index contributed by atoms with van der Waals surface area (Å²) in [4.78, 5) is 13.9. The molecule has 1 fully saturated rings. The lowest BCUT2D eigenvalue weighted by molar-refractivity contribution is -0.125. The van der Waals surface area contributed by atoms with Crippen LogP contribution >= 0.6 is 0 Å². The molecule has 0 bridgehead atoms. The van der Waals surface area contributed by atoms with Crippen molar-refractivity contribution < 1.29 is 4.79 Å². The topological polar surface area (TPSA) is 58.4 Å². The smallest absolute Gasteiger partial charge is 0.246 e. The highest BCUT2D eigenvalue weighted by Crippen LogP contribution is 2.08. The van der Waals surface area contributed by atoms with Crippen LogP contribution in [0.15, 0.2) is 30.3 Å². The molecule has 1 aromatic rings. The minimum Gasteiger partial charge on any atom is -0.399 e. The van der Waals surface area contributed by atoms with Crippen molar-refractivity contribution in [1.82, 2.24) is 10.2 Å². The Morgan fingerprint density at radius 2 is 2.22 bits per heavy atom. The van der Waals surface area contributed by atoms with Crippen molar-refractivity contribution in [3.8, 4) is 0 Å². The van der Waals surface area contributed by atoms with Crippen LogP contribution in [0.2, 0.25) is 0 Å². The number of anilines is 1. The Kier molecular flexibility index (Phi) is 4.36. The molecular formula is C14H19N3O. The molecule has 0 spiro atoms. The maximum Gasteiger partial charge on any atom is 0.246 e. The van der Waals surface area contributed by atoms with E-state index in [9.17, 15) is 4.79 Å². The zero-order chi connectivity index (χ0) is 12.8. The summed E-state index contributed by atoms with van der Waals surface area (Å²) < 4.78 is 0. The third-order valence-corrected chi connectivity index (χ3v) is 2.98. The third-order valence-electron chi connectivity index (χ3n) is 2.98. The number of nitrogens with one attached hydrogen (secondary N) is 1. The van der Waals surface area contributed by atoms with Crippen LogP contribution in [0, 0.1) is 0 Å². The highest BCUT2D eigenvalue weighted by atomic mass is 16.2.